The Morgan fingerprint density at radius 2 is 2.16 bits per heavy atom. The average molecular weight is 277 g/mol. The first-order valence-electron chi connectivity index (χ1n) is 6.24. The van der Waals surface area contributed by atoms with Crippen molar-refractivity contribution in [3.8, 4) is 11.1 Å². The molecule has 0 bridgehead atoms. The number of hydrogen-bond acceptors (Lipinski definition) is 3. The highest BCUT2D eigenvalue weighted by Crippen LogP contribution is 2.35. The molecule has 0 radical (unpaired) electrons. The first-order valence-corrected chi connectivity index (χ1v) is 6.24. The average Bonchev–Trinajstić information content (AvgIpc) is 2.47. The molecule has 2 heterocycles. The van der Waals surface area contributed by atoms with E-state index in [1.807, 2.05) is 12.3 Å². The van der Waals surface area contributed by atoms with Crippen LogP contribution in [0.15, 0.2) is 42.7 Å². The van der Waals surface area contributed by atoms with Gasteiger partial charge in [0, 0.05) is 24.5 Å². The Bertz CT molecular complexity index is 545. The molecule has 0 amide bonds. The number of ether oxygens (including phenoxy) is 1. The maximum Gasteiger partial charge on any atom is 0.0955 e. The smallest absolute Gasteiger partial charge is 0.0955 e. The molecular weight excluding hydrogens is 260 g/mol. The maximum atomic E-state index is 5.82. The molecule has 100 valence electrons. The van der Waals surface area contributed by atoms with Gasteiger partial charge >= 0.3 is 0 Å². The molecule has 0 fully saturated rings. The van der Waals surface area contributed by atoms with Gasteiger partial charge in [-0.25, -0.2) is 0 Å². The molecule has 1 aromatic heterocycles. The molecule has 1 aromatic carbocycles. The van der Waals surface area contributed by atoms with Crippen LogP contribution < -0.4 is 5.73 Å². The second-order valence-corrected chi connectivity index (χ2v) is 4.47. The zero-order chi connectivity index (χ0) is 12.4. The molecule has 2 N–H and O–H groups in total. The quantitative estimate of drug-likeness (QED) is 0.917. The van der Waals surface area contributed by atoms with Crippen LogP contribution in [0.3, 0.4) is 0 Å². The minimum Gasteiger partial charge on any atom is -0.372 e. The number of rotatable bonds is 2. The van der Waals surface area contributed by atoms with Crippen LogP contribution in [0, 0.1) is 0 Å². The fourth-order valence-electron chi connectivity index (χ4n) is 2.57. The zero-order valence-electron chi connectivity index (χ0n) is 10.6. The van der Waals surface area contributed by atoms with Crippen molar-refractivity contribution in [2.24, 2.45) is 5.73 Å². The topological polar surface area (TPSA) is 48.1 Å². The minimum atomic E-state index is 0. The van der Waals surface area contributed by atoms with E-state index in [9.17, 15) is 0 Å². The zero-order valence-corrected chi connectivity index (χ0v) is 11.4. The van der Waals surface area contributed by atoms with E-state index in [0.717, 1.165) is 18.6 Å². The highest BCUT2D eigenvalue weighted by molar-refractivity contribution is 5.85. The molecule has 3 nitrogen and oxygen atoms in total. The van der Waals surface area contributed by atoms with Gasteiger partial charge in [0.05, 0.1) is 12.7 Å². The number of fused-ring (bicyclic) bond motifs is 1. The fourth-order valence-corrected chi connectivity index (χ4v) is 2.57. The predicted octanol–water partition coefficient (Wildman–Crippen LogP) is 2.74. The molecule has 0 aliphatic carbocycles. The molecule has 0 unspecified atom stereocenters. The number of nitrogens with zero attached hydrogens (tertiary/aromatic N) is 1. The van der Waals surface area contributed by atoms with E-state index < -0.39 is 0 Å². The van der Waals surface area contributed by atoms with Crippen LogP contribution in [-0.2, 0) is 11.2 Å². The summed E-state index contributed by atoms with van der Waals surface area (Å²) in [6.45, 7) is 1.27. The number of pyridine rings is 1. The lowest BCUT2D eigenvalue weighted by molar-refractivity contribution is 0.0489. The van der Waals surface area contributed by atoms with Crippen LogP contribution in [0.1, 0.15) is 17.2 Å². The van der Waals surface area contributed by atoms with Crippen molar-refractivity contribution in [3.05, 3.63) is 53.9 Å². The van der Waals surface area contributed by atoms with Gasteiger partial charge < -0.3 is 10.5 Å². The van der Waals surface area contributed by atoms with E-state index in [1.54, 1.807) is 6.20 Å². The lowest BCUT2D eigenvalue weighted by Gasteiger charge is -2.27. The summed E-state index contributed by atoms with van der Waals surface area (Å²) in [5.41, 5.74) is 10.7. The summed E-state index contributed by atoms with van der Waals surface area (Å²) in [6, 6.07) is 10.4. The van der Waals surface area contributed by atoms with Crippen molar-refractivity contribution >= 4 is 12.4 Å². The fraction of sp³-hybridized carbons (Fsp3) is 0.267. The SMILES string of the molecule is Cl.NC[C@@H]1OCCc2cccc(-c3cccnc3)c21. The molecule has 0 saturated heterocycles. The summed E-state index contributed by atoms with van der Waals surface area (Å²) < 4.78 is 5.77. The third-order valence-electron chi connectivity index (χ3n) is 3.40. The second kappa shape index (κ2) is 6.15. The summed E-state index contributed by atoms with van der Waals surface area (Å²) in [5, 5.41) is 0. The van der Waals surface area contributed by atoms with Crippen LogP contribution in [0.2, 0.25) is 0 Å². The van der Waals surface area contributed by atoms with Crippen molar-refractivity contribution in [1.29, 1.82) is 0 Å². The van der Waals surface area contributed by atoms with Gasteiger partial charge in [-0.1, -0.05) is 24.3 Å². The molecule has 0 saturated carbocycles. The normalized spacial score (nSPS) is 17.4. The number of aromatic nitrogens is 1. The minimum absolute atomic E-state index is 0. The van der Waals surface area contributed by atoms with Gasteiger partial charge in [-0.15, -0.1) is 12.4 Å². The molecule has 1 aliphatic heterocycles. The van der Waals surface area contributed by atoms with Crippen molar-refractivity contribution in [3.63, 3.8) is 0 Å². The Labute approximate surface area is 119 Å². The Morgan fingerprint density at radius 1 is 1.26 bits per heavy atom. The largest absolute Gasteiger partial charge is 0.372 e. The van der Waals surface area contributed by atoms with E-state index >= 15 is 0 Å². The van der Waals surface area contributed by atoms with E-state index in [2.05, 4.69) is 29.2 Å². The van der Waals surface area contributed by atoms with Crippen LogP contribution in [0.5, 0.6) is 0 Å². The molecule has 1 atom stereocenters. The summed E-state index contributed by atoms with van der Waals surface area (Å²) in [5.74, 6) is 0. The van der Waals surface area contributed by atoms with Crippen LogP contribution in [0.4, 0.5) is 0 Å². The van der Waals surface area contributed by atoms with Crippen LogP contribution in [-0.4, -0.2) is 18.1 Å². The Morgan fingerprint density at radius 3 is 2.89 bits per heavy atom. The molecular formula is C15H17ClN2O. The Hall–Kier alpha value is -1.42. The number of benzene rings is 1. The number of halogens is 1. The van der Waals surface area contributed by atoms with Crippen LogP contribution in [0.25, 0.3) is 11.1 Å². The number of nitrogens with two attached hydrogens (primary N) is 1. The van der Waals surface area contributed by atoms with E-state index in [0.29, 0.717) is 6.54 Å². The van der Waals surface area contributed by atoms with Gasteiger partial charge in [0.2, 0.25) is 0 Å². The Kier molecular flexibility index (Phi) is 4.53. The third kappa shape index (κ3) is 2.63. The standard InChI is InChI=1S/C15H16N2O.ClH/c16-9-14-15-11(6-8-18-14)3-1-5-13(15)12-4-2-7-17-10-12;/h1-5,7,10,14H,6,8-9,16H2;1H/t14-;/m0./s1. The first-order chi connectivity index (χ1) is 8.90. The summed E-state index contributed by atoms with van der Waals surface area (Å²) >= 11 is 0. The van der Waals surface area contributed by atoms with Gasteiger partial charge in [-0.2, -0.15) is 0 Å². The van der Waals surface area contributed by atoms with E-state index in [4.69, 9.17) is 10.5 Å². The van der Waals surface area contributed by atoms with Gasteiger partial charge in [0.1, 0.15) is 0 Å². The lowest BCUT2D eigenvalue weighted by atomic mass is 9.90. The van der Waals surface area contributed by atoms with Crippen molar-refractivity contribution < 1.29 is 4.74 Å². The van der Waals surface area contributed by atoms with Crippen LogP contribution >= 0.6 is 12.4 Å². The van der Waals surface area contributed by atoms with Gasteiger partial charge in [0.15, 0.2) is 0 Å². The van der Waals surface area contributed by atoms with Gasteiger partial charge in [-0.3, -0.25) is 4.98 Å². The molecule has 3 rings (SSSR count). The van der Waals surface area contributed by atoms with Crippen molar-refractivity contribution in [1.82, 2.24) is 4.98 Å². The summed E-state index contributed by atoms with van der Waals surface area (Å²) in [4.78, 5) is 4.19. The molecule has 1 aliphatic rings. The molecule has 19 heavy (non-hydrogen) atoms. The van der Waals surface area contributed by atoms with Crippen molar-refractivity contribution in [2.45, 2.75) is 12.5 Å². The molecule has 2 aromatic rings. The van der Waals surface area contributed by atoms with Gasteiger partial charge in [0.25, 0.3) is 0 Å². The van der Waals surface area contributed by atoms with E-state index in [-0.39, 0.29) is 18.5 Å². The first kappa shape index (κ1) is 14.0. The van der Waals surface area contributed by atoms with E-state index in [1.165, 1.54) is 16.7 Å². The maximum absolute atomic E-state index is 5.82. The highest BCUT2D eigenvalue weighted by atomic mass is 35.5. The lowest BCUT2D eigenvalue weighted by Crippen LogP contribution is -2.23. The molecule has 0 spiro atoms. The van der Waals surface area contributed by atoms with Crippen molar-refractivity contribution in [2.75, 3.05) is 13.2 Å². The van der Waals surface area contributed by atoms with Gasteiger partial charge in [-0.05, 0) is 29.2 Å². The third-order valence-corrected chi connectivity index (χ3v) is 3.40. The highest BCUT2D eigenvalue weighted by Gasteiger charge is 2.23. The summed E-state index contributed by atoms with van der Waals surface area (Å²) in [7, 11) is 0. The second-order valence-electron chi connectivity index (χ2n) is 4.47. The molecule has 4 heteroatoms. The predicted molar refractivity (Wildman–Crippen MR) is 78.4 cm³/mol. The monoisotopic (exact) mass is 276 g/mol. The summed E-state index contributed by atoms with van der Waals surface area (Å²) in [6.07, 6.45) is 4.64. The Balaban J connectivity index is 0.00000133. The number of hydrogen-bond donors (Lipinski definition) is 1.